The highest BCUT2D eigenvalue weighted by atomic mass is 32.2. The van der Waals surface area contributed by atoms with Gasteiger partial charge in [-0.1, -0.05) is 6.07 Å². The number of hydrogen-bond donors (Lipinski definition) is 1. The molecule has 2 heterocycles. The van der Waals surface area contributed by atoms with E-state index in [0.717, 1.165) is 24.1 Å². The molecule has 2 unspecified atom stereocenters. The SMILES string of the molecule is Cc1ccc(C(N[S+]([O-])C(C)(C)C)[C@H]2CCCN2C(=O)OC(C)(C)C)nc1. The maximum Gasteiger partial charge on any atom is 0.410 e. The lowest BCUT2D eigenvalue weighted by Gasteiger charge is -2.35. The summed E-state index contributed by atoms with van der Waals surface area (Å²) in [6.45, 7) is 14.0. The fraction of sp³-hybridized carbons (Fsp3) is 0.700. The Morgan fingerprint density at radius 2 is 2.00 bits per heavy atom. The van der Waals surface area contributed by atoms with Crippen molar-refractivity contribution in [2.45, 2.75) is 83.7 Å². The number of hydrogen-bond acceptors (Lipinski definition) is 5. The van der Waals surface area contributed by atoms with Crippen molar-refractivity contribution in [3.8, 4) is 0 Å². The summed E-state index contributed by atoms with van der Waals surface area (Å²) in [4.78, 5) is 19.0. The van der Waals surface area contributed by atoms with Crippen LogP contribution in [0.2, 0.25) is 0 Å². The van der Waals surface area contributed by atoms with Crippen LogP contribution in [0.25, 0.3) is 0 Å². The second-order valence-corrected chi connectivity index (χ2v) is 11.1. The molecule has 3 atom stereocenters. The molecule has 1 saturated heterocycles. The largest absolute Gasteiger partial charge is 0.598 e. The van der Waals surface area contributed by atoms with Gasteiger partial charge in [0.2, 0.25) is 0 Å². The summed E-state index contributed by atoms with van der Waals surface area (Å²) in [5.74, 6) is 0. The maximum absolute atomic E-state index is 12.8. The Morgan fingerprint density at radius 3 is 2.52 bits per heavy atom. The molecule has 0 aromatic carbocycles. The summed E-state index contributed by atoms with van der Waals surface area (Å²) in [7, 11) is 0. The first-order chi connectivity index (χ1) is 12.4. The monoisotopic (exact) mass is 395 g/mol. The van der Waals surface area contributed by atoms with Gasteiger partial charge in [-0.15, -0.1) is 4.72 Å². The number of rotatable bonds is 4. The van der Waals surface area contributed by atoms with Crippen LogP contribution in [0.4, 0.5) is 4.79 Å². The van der Waals surface area contributed by atoms with Crippen molar-refractivity contribution >= 4 is 17.5 Å². The van der Waals surface area contributed by atoms with Gasteiger partial charge >= 0.3 is 6.09 Å². The molecule has 27 heavy (non-hydrogen) atoms. The number of carbonyl (C=O) groups is 1. The summed E-state index contributed by atoms with van der Waals surface area (Å²) in [5.41, 5.74) is 1.30. The smallest absolute Gasteiger partial charge is 0.410 e. The Bertz CT molecular complexity index is 637. The molecular formula is C20H33N3O3S. The van der Waals surface area contributed by atoms with Gasteiger partial charge in [0.05, 0.1) is 11.7 Å². The minimum Gasteiger partial charge on any atom is -0.598 e. The molecule has 1 aromatic rings. The summed E-state index contributed by atoms with van der Waals surface area (Å²) >= 11 is -1.29. The van der Waals surface area contributed by atoms with Crippen molar-refractivity contribution in [1.29, 1.82) is 0 Å². The lowest BCUT2D eigenvalue weighted by atomic mass is 10.0. The Kier molecular flexibility index (Phi) is 6.81. The van der Waals surface area contributed by atoms with Crippen molar-refractivity contribution in [3.63, 3.8) is 0 Å². The second kappa shape index (κ2) is 8.37. The standard InChI is InChI=1S/C20H33N3O3S/c1-14-10-11-15(21-13-14)17(22-27(25)20(5,6)7)16-9-8-12-23(16)18(24)26-19(2,3)4/h10-11,13,16-17,22H,8-9,12H2,1-7H3/t16-,17?,27?/m1/s1. The Labute approximate surface area is 166 Å². The summed E-state index contributed by atoms with van der Waals surface area (Å²) in [6.07, 6.45) is 3.17. The Morgan fingerprint density at radius 1 is 1.33 bits per heavy atom. The minimum absolute atomic E-state index is 0.152. The van der Waals surface area contributed by atoms with Crippen LogP contribution in [0.3, 0.4) is 0 Å². The number of pyridine rings is 1. The molecule has 0 bridgehead atoms. The molecule has 1 fully saturated rings. The van der Waals surface area contributed by atoms with Crippen LogP contribution in [0.15, 0.2) is 18.3 Å². The number of aryl methyl sites for hydroxylation is 1. The fourth-order valence-electron chi connectivity index (χ4n) is 2.98. The average molecular weight is 396 g/mol. The van der Waals surface area contributed by atoms with Crippen molar-refractivity contribution in [1.82, 2.24) is 14.6 Å². The van der Waals surface area contributed by atoms with Crippen molar-refractivity contribution in [3.05, 3.63) is 29.6 Å². The maximum atomic E-state index is 12.8. The Balaban J connectivity index is 2.30. The van der Waals surface area contributed by atoms with Gasteiger partial charge < -0.3 is 14.2 Å². The van der Waals surface area contributed by atoms with E-state index < -0.39 is 21.7 Å². The van der Waals surface area contributed by atoms with Gasteiger partial charge in [-0.3, -0.25) is 4.98 Å². The lowest BCUT2D eigenvalue weighted by molar-refractivity contribution is 0.0200. The number of ether oxygens (including phenoxy) is 1. The summed E-state index contributed by atoms with van der Waals surface area (Å²) < 4.78 is 21.2. The van der Waals surface area contributed by atoms with Gasteiger partial charge in [-0.05, 0) is 72.9 Å². The van der Waals surface area contributed by atoms with Gasteiger partial charge in [0.25, 0.3) is 0 Å². The van der Waals surface area contributed by atoms with Crippen LogP contribution in [-0.4, -0.2) is 43.5 Å². The first kappa shape index (κ1) is 22.0. The van der Waals surface area contributed by atoms with Crippen molar-refractivity contribution in [2.24, 2.45) is 0 Å². The number of nitrogens with zero attached hydrogens (tertiary/aromatic N) is 2. The van der Waals surface area contributed by atoms with Crippen molar-refractivity contribution in [2.75, 3.05) is 6.54 Å². The molecule has 0 spiro atoms. The molecule has 6 nitrogen and oxygen atoms in total. The van der Waals surface area contributed by atoms with Crippen LogP contribution in [0, 0.1) is 6.92 Å². The molecule has 1 N–H and O–H groups in total. The van der Waals surface area contributed by atoms with E-state index in [1.165, 1.54) is 0 Å². The summed E-state index contributed by atoms with van der Waals surface area (Å²) in [5, 5.41) is 0. The molecule has 0 radical (unpaired) electrons. The molecule has 0 aliphatic carbocycles. The van der Waals surface area contributed by atoms with E-state index in [-0.39, 0.29) is 18.2 Å². The van der Waals surface area contributed by atoms with Gasteiger partial charge in [0.1, 0.15) is 16.4 Å². The molecule has 1 aliphatic heterocycles. The third-order valence-electron chi connectivity index (χ3n) is 4.36. The van der Waals surface area contributed by atoms with Crippen LogP contribution in [0.5, 0.6) is 0 Å². The number of nitrogens with one attached hydrogen (secondary N) is 1. The lowest BCUT2D eigenvalue weighted by Crippen LogP contribution is -2.50. The fourth-order valence-corrected chi connectivity index (χ4v) is 3.84. The third-order valence-corrected chi connectivity index (χ3v) is 5.94. The normalized spacial score (nSPS) is 20.4. The highest BCUT2D eigenvalue weighted by molar-refractivity contribution is 7.90. The van der Waals surface area contributed by atoms with E-state index in [0.29, 0.717) is 6.54 Å². The van der Waals surface area contributed by atoms with Crippen LogP contribution in [-0.2, 0) is 16.1 Å². The third kappa shape index (κ3) is 6.09. The topological polar surface area (TPSA) is 77.5 Å². The van der Waals surface area contributed by atoms with Crippen LogP contribution in [0.1, 0.15) is 71.7 Å². The minimum atomic E-state index is -1.29. The second-order valence-electron chi connectivity index (χ2n) is 9.12. The summed E-state index contributed by atoms with van der Waals surface area (Å²) in [6, 6.07) is 3.46. The highest BCUT2D eigenvalue weighted by Gasteiger charge is 2.42. The molecule has 152 valence electrons. The molecular weight excluding hydrogens is 362 g/mol. The number of carbonyl (C=O) groups excluding carboxylic acids is 1. The molecule has 1 aromatic heterocycles. The zero-order valence-corrected chi connectivity index (χ0v) is 18.4. The quantitative estimate of drug-likeness (QED) is 0.783. The van der Waals surface area contributed by atoms with Gasteiger partial charge in [-0.2, -0.15) is 0 Å². The number of likely N-dealkylation sites (tertiary alicyclic amines) is 1. The zero-order chi connectivity index (χ0) is 20.4. The number of aromatic nitrogens is 1. The van der Waals surface area contributed by atoms with E-state index in [1.807, 2.05) is 60.6 Å². The zero-order valence-electron chi connectivity index (χ0n) is 17.5. The predicted molar refractivity (Wildman–Crippen MR) is 109 cm³/mol. The van der Waals surface area contributed by atoms with Crippen LogP contribution >= 0.6 is 0 Å². The molecule has 1 aliphatic rings. The molecule has 0 saturated carbocycles. The van der Waals surface area contributed by atoms with Gasteiger partial charge in [0.15, 0.2) is 0 Å². The molecule has 1 amide bonds. The van der Waals surface area contributed by atoms with E-state index in [1.54, 1.807) is 11.1 Å². The van der Waals surface area contributed by atoms with E-state index in [2.05, 4.69) is 9.71 Å². The van der Waals surface area contributed by atoms with Gasteiger partial charge in [-0.25, -0.2) is 4.79 Å². The average Bonchev–Trinajstić information content (AvgIpc) is 3.00. The highest BCUT2D eigenvalue weighted by Crippen LogP contribution is 2.32. The predicted octanol–water partition coefficient (Wildman–Crippen LogP) is 3.88. The Hall–Kier alpha value is -1.31. The number of amides is 1. The van der Waals surface area contributed by atoms with E-state index in [9.17, 15) is 9.35 Å². The van der Waals surface area contributed by atoms with Crippen molar-refractivity contribution < 1.29 is 14.1 Å². The first-order valence-electron chi connectivity index (χ1n) is 9.49. The molecule has 2 rings (SSSR count). The first-order valence-corrected chi connectivity index (χ1v) is 10.6. The van der Waals surface area contributed by atoms with E-state index in [4.69, 9.17) is 4.74 Å². The van der Waals surface area contributed by atoms with Crippen LogP contribution < -0.4 is 4.72 Å². The van der Waals surface area contributed by atoms with E-state index >= 15 is 0 Å². The van der Waals surface area contributed by atoms with Gasteiger partial charge in [0, 0.05) is 24.1 Å². The molecule has 7 heteroatoms.